The molecule has 1 heterocycles. The first-order valence-electron chi connectivity index (χ1n) is 8.22. The number of nitrogens with one attached hydrogen (secondary N) is 2. The summed E-state index contributed by atoms with van der Waals surface area (Å²) < 4.78 is 28.4. The maximum atomic E-state index is 12.8. The van der Waals surface area contributed by atoms with Gasteiger partial charge in [-0.15, -0.1) is 0 Å². The highest BCUT2D eigenvalue weighted by Gasteiger charge is 2.23. The predicted molar refractivity (Wildman–Crippen MR) is 99.3 cm³/mol. The van der Waals surface area contributed by atoms with Gasteiger partial charge >= 0.3 is 0 Å². The molecule has 132 valence electrons. The van der Waals surface area contributed by atoms with E-state index >= 15 is 0 Å². The molecule has 6 heteroatoms. The molecule has 0 bridgehead atoms. The van der Waals surface area contributed by atoms with Gasteiger partial charge < -0.3 is 5.32 Å². The van der Waals surface area contributed by atoms with Crippen LogP contribution in [0.2, 0.25) is 0 Å². The Bertz CT molecular complexity index is 928. The van der Waals surface area contributed by atoms with Crippen molar-refractivity contribution in [3.05, 3.63) is 53.6 Å². The Balaban J connectivity index is 1.95. The number of hydrogen-bond donors (Lipinski definition) is 2. The SMILES string of the molecule is CC(C)(C)c1ccccc1NS(=O)(=O)c1ccc2c(c1)CCC(=O)N2. The molecule has 1 aliphatic heterocycles. The van der Waals surface area contributed by atoms with E-state index in [0.717, 1.165) is 11.1 Å². The Labute approximate surface area is 148 Å². The second-order valence-electron chi connectivity index (χ2n) is 7.27. The molecular weight excluding hydrogens is 336 g/mol. The maximum Gasteiger partial charge on any atom is 0.261 e. The van der Waals surface area contributed by atoms with E-state index in [9.17, 15) is 13.2 Å². The fourth-order valence-corrected chi connectivity index (χ4v) is 4.09. The van der Waals surface area contributed by atoms with Crippen LogP contribution in [0.4, 0.5) is 11.4 Å². The number of carbonyl (C=O) groups excluding carboxylic acids is 1. The van der Waals surface area contributed by atoms with Gasteiger partial charge in [-0.2, -0.15) is 0 Å². The number of benzene rings is 2. The Hall–Kier alpha value is -2.34. The van der Waals surface area contributed by atoms with E-state index in [1.165, 1.54) is 6.07 Å². The largest absolute Gasteiger partial charge is 0.326 e. The molecule has 2 N–H and O–H groups in total. The third kappa shape index (κ3) is 3.69. The molecule has 0 saturated carbocycles. The van der Waals surface area contributed by atoms with E-state index in [-0.39, 0.29) is 16.2 Å². The molecule has 1 amide bonds. The second-order valence-corrected chi connectivity index (χ2v) is 8.95. The number of sulfonamides is 1. The van der Waals surface area contributed by atoms with Crippen molar-refractivity contribution in [3.8, 4) is 0 Å². The average Bonchev–Trinajstić information content (AvgIpc) is 2.53. The number of aryl methyl sites for hydroxylation is 1. The van der Waals surface area contributed by atoms with Crippen molar-refractivity contribution in [3.63, 3.8) is 0 Å². The van der Waals surface area contributed by atoms with Crippen LogP contribution in [-0.4, -0.2) is 14.3 Å². The first-order chi connectivity index (χ1) is 11.7. The van der Waals surface area contributed by atoms with Gasteiger partial charge in [0.1, 0.15) is 0 Å². The number of fused-ring (bicyclic) bond motifs is 1. The van der Waals surface area contributed by atoms with Crippen LogP contribution in [-0.2, 0) is 26.7 Å². The van der Waals surface area contributed by atoms with Crippen LogP contribution >= 0.6 is 0 Å². The molecule has 1 aliphatic rings. The van der Waals surface area contributed by atoms with Crippen LogP contribution in [0.5, 0.6) is 0 Å². The molecule has 0 atom stereocenters. The van der Waals surface area contributed by atoms with Gasteiger partial charge in [0.25, 0.3) is 10.0 Å². The molecule has 0 radical (unpaired) electrons. The van der Waals surface area contributed by atoms with Crippen molar-refractivity contribution in [2.75, 3.05) is 10.0 Å². The number of anilines is 2. The topological polar surface area (TPSA) is 75.3 Å². The summed E-state index contributed by atoms with van der Waals surface area (Å²) in [6, 6.07) is 12.2. The quantitative estimate of drug-likeness (QED) is 0.879. The van der Waals surface area contributed by atoms with Gasteiger partial charge in [0.15, 0.2) is 0 Å². The summed E-state index contributed by atoms with van der Waals surface area (Å²) in [4.78, 5) is 11.6. The Morgan fingerprint density at radius 1 is 1.04 bits per heavy atom. The standard InChI is InChI=1S/C19H22N2O3S/c1-19(2,3)15-6-4-5-7-17(15)21-25(23,24)14-9-10-16-13(12-14)8-11-18(22)20-16/h4-7,9-10,12,21H,8,11H2,1-3H3,(H,20,22). The summed E-state index contributed by atoms with van der Waals surface area (Å²) in [7, 11) is -3.71. The smallest absolute Gasteiger partial charge is 0.261 e. The molecule has 0 aliphatic carbocycles. The first kappa shape index (κ1) is 17.5. The first-order valence-corrected chi connectivity index (χ1v) is 9.70. The third-order valence-corrected chi connectivity index (χ3v) is 5.63. The van der Waals surface area contributed by atoms with Crippen LogP contribution in [0.15, 0.2) is 47.4 Å². The minimum atomic E-state index is -3.71. The van der Waals surface area contributed by atoms with Gasteiger partial charge in [0.05, 0.1) is 10.6 Å². The zero-order valence-electron chi connectivity index (χ0n) is 14.6. The highest BCUT2D eigenvalue weighted by atomic mass is 32.2. The summed E-state index contributed by atoms with van der Waals surface area (Å²) in [6.07, 6.45) is 0.917. The summed E-state index contributed by atoms with van der Waals surface area (Å²) in [5.74, 6) is -0.0414. The molecule has 25 heavy (non-hydrogen) atoms. The molecule has 0 fully saturated rings. The zero-order valence-corrected chi connectivity index (χ0v) is 15.4. The lowest BCUT2D eigenvalue weighted by molar-refractivity contribution is -0.116. The van der Waals surface area contributed by atoms with E-state index in [1.807, 2.05) is 39.0 Å². The molecule has 3 rings (SSSR count). The normalized spacial score (nSPS) is 14.6. The molecular formula is C19H22N2O3S. The van der Waals surface area contributed by atoms with Crippen molar-refractivity contribution in [1.29, 1.82) is 0 Å². The van der Waals surface area contributed by atoms with Gasteiger partial charge in [-0.1, -0.05) is 39.0 Å². The monoisotopic (exact) mass is 358 g/mol. The van der Waals surface area contributed by atoms with Gasteiger partial charge in [0.2, 0.25) is 5.91 Å². The number of para-hydroxylation sites is 1. The van der Waals surface area contributed by atoms with Gasteiger partial charge in [-0.05, 0) is 47.2 Å². The number of amides is 1. The Morgan fingerprint density at radius 3 is 2.48 bits per heavy atom. The van der Waals surface area contributed by atoms with Gasteiger partial charge in [-0.25, -0.2) is 8.42 Å². The molecule has 0 saturated heterocycles. The van der Waals surface area contributed by atoms with Crippen molar-refractivity contribution in [1.82, 2.24) is 0 Å². The third-order valence-electron chi connectivity index (χ3n) is 4.26. The van der Waals surface area contributed by atoms with Crippen LogP contribution in [0.3, 0.4) is 0 Å². The lowest BCUT2D eigenvalue weighted by Gasteiger charge is -2.23. The van der Waals surface area contributed by atoms with Gasteiger partial charge in [0, 0.05) is 12.1 Å². The second kappa shape index (κ2) is 6.19. The van der Waals surface area contributed by atoms with E-state index in [1.54, 1.807) is 18.2 Å². The Morgan fingerprint density at radius 2 is 1.76 bits per heavy atom. The summed E-state index contributed by atoms with van der Waals surface area (Å²) >= 11 is 0. The van der Waals surface area contributed by atoms with E-state index in [4.69, 9.17) is 0 Å². The van der Waals surface area contributed by atoms with E-state index in [2.05, 4.69) is 10.0 Å². The van der Waals surface area contributed by atoms with Crippen LogP contribution < -0.4 is 10.0 Å². The van der Waals surface area contributed by atoms with Crippen LogP contribution in [0.1, 0.15) is 38.3 Å². The fraction of sp³-hybridized carbons (Fsp3) is 0.316. The summed E-state index contributed by atoms with van der Waals surface area (Å²) in [5.41, 5.74) is 2.86. The number of hydrogen-bond acceptors (Lipinski definition) is 3. The minimum absolute atomic E-state index is 0.0414. The highest BCUT2D eigenvalue weighted by Crippen LogP contribution is 2.31. The number of carbonyl (C=O) groups is 1. The maximum absolute atomic E-state index is 12.8. The van der Waals surface area contributed by atoms with Crippen LogP contribution in [0, 0.1) is 0 Å². The van der Waals surface area contributed by atoms with E-state index in [0.29, 0.717) is 24.2 Å². The molecule has 5 nitrogen and oxygen atoms in total. The van der Waals surface area contributed by atoms with Crippen molar-refractivity contribution < 1.29 is 13.2 Å². The summed E-state index contributed by atoms with van der Waals surface area (Å²) in [5, 5.41) is 2.76. The van der Waals surface area contributed by atoms with Crippen molar-refractivity contribution >= 4 is 27.3 Å². The Kier molecular flexibility index (Phi) is 4.33. The fourth-order valence-electron chi connectivity index (χ4n) is 2.96. The average molecular weight is 358 g/mol. The molecule has 0 spiro atoms. The predicted octanol–water partition coefficient (Wildman–Crippen LogP) is 3.67. The van der Waals surface area contributed by atoms with Crippen LogP contribution in [0.25, 0.3) is 0 Å². The minimum Gasteiger partial charge on any atom is -0.326 e. The number of rotatable bonds is 3. The lowest BCUT2D eigenvalue weighted by Crippen LogP contribution is -2.21. The summed E-state index contributed by atoms with van der Waals surface area (Å²) in [6.45, 7) is 6.13. The zero-order chi connectivity index (χ0) is 18.2. The molecule has 0 unspecified atom stereocenters. The molecule has 2 aromatic carbocycles. The molecule has 2 aromatic rings. The molecule has 0 aromatic heterocycles. The lowest BCUT2D eigenvalue weighted by atomic mass is 9.86. The highest BCUT2D eigenvalue weighted by molar-refractivity contribution is 7.92. The van der Waals surface area contributed by atoms with Crippen molar-refractivity contribution in [2.45, 2.75) is 43.9 Å². The van der Waals surface area contributed by atoms with Crippen molar-refractivity contribution in [2.24, 2.45) is 0 Å². The van der Waals surface area contributed by atoms with Gasteiger partial charge in [-0.3, -0.25) is 9.52 Å². The van der Waals surface area contributed by atoms with E-state index < -0.39 is 10.0 Å².